The van der Waals surface area contributed by atoms with Crippen LogP contribution in [0.3, 0.4) is 0 Å². The second kappa shape index (κ2) is 7.69. The fourth-order valence-corrected chi connectivity index (χ4v) is 4.36. The van der Waals surface area contributed by atoms with Crippen molar-refractivity contribution in [1.29, 1.82) is 0 Å². The number of piperazine rings is 1. The van der Waals surface area contributed by atoms with Crippen LogP contribution in [-0.2, 0) is 6.54 Å². The van der Waals surface area contributed by atoms with E-state index in [-0.39, 0.29) is 5.91 Å². The van der Waals surface area contributed by atoms with Gasteiger partial charge in [0.1, 0.15) is 0 Å². The molecule has 1 aliphatic heterocycles. The van der Waals surface area contributed by atoms with Crippen molar-refractivity contribution in [3.8, 4) is 0 Å². The van der Waals surface area contributed by atoms with Gasteiger partial charge < -0.3 is 4.90 Å². The molecule has 3 heteroatoms. The van der Waals surface area contributed by atoms with Crippen LogP contribution < -0.4 is 0 Å². The molecular formula is C26H24N2O. The van der Waals surface area contributed by atoms with Crippen molar-refractivity contribution in [1.82, 2.24) is 9.80 Å². The number of benzene rings is 4. The summed E-state index contributed by atoms with van der Waals surface area (Å²) in [5.41, 5.74) is 2.17. The Morgan fingerprint density at radius 1 is 0.655 bits per heavy atom. The highest BCUT2D eigenvalue weighted by Gasteiger charge is 2.23. The Morgan fingerprint density at radius 2 is 1.24 bits per heavy atom. The zero-order chi connectivity index (χ0) is 19.6. The van der Waals surface area contributed by atoms with Gasteiger partial charge >= 0.3 is 0 Å². The molecule has 4 aromatic carbocycles. The van der Waals surface area contributed by atoms with Crippen LogP contribution in [-0.4, -0.2) is 41.9 Å². The lowest BCUT2D eigenvalue weighted by atomic mass is 10.0. The van der Waals surface area contributed by atoms with Crippen LogP contribution in [0.5, 0.6) is 0 Å². The zero-order valence-electron chi connectivity index (χ0n) is 16.4. The van der Waals surface area contributed by atoms with Gasteiger partial charge in [-0.15, -0.1) is 0 Å². The van der Waals surface area contributed by atoms with Gasteiger partial charge in [0.05, 0.1) is 0 Å². The van der Waals surface area contributed by atoms with E-state index in [1.54, 1.807) is 0 Å². The molecule has 0 spiro atoms. The van der Waals surface area contributed by atoms with E-state index in [0.29, 0.717) is 0 Å². The van der Waals surface area contributed by atoms with Crippen LogP contribution in [0.25, 0.3) is 21.5 Å². The lowest BCUT2D eigenvalue weighted by molar-refractivity contribution is 0.0631. The first-order chi connectivity index (χ1) is 14.3. The highest BCUT2D eigenvalue weighted by Crippen LogP contribution is 2.23. The molecule has 0 unspecified atom stereocenters. The third kappa shape index (κ3) is 3.50. The minimum absolute atomic E-state index is 0.145. The summed E-state index contributed by atoms with van der Waals surface area (Å²) < 4.78 is 0. The SMILES string of the molecule is O=C(c1cccc2ccccc12)N1CCN(Cc2cccc3ccccc23)CC1. The summed E-state index contributed by atoms with van der Waals surface area (Å²) in [7, 11) is 0. The van der Waals surface area contributed by atoms with Crippen molar-refractivity contribution in [2.24, 2.45) is 0 Å². The number of carbonyl (C=O) groups is 1. The largest absolute Gasteiger partial charge is 0.336 e. The second-order valence-electron chi connectivity index (χ2n) is 7.73. The van der Waals surface area contributed by atoms with E-state index in [4.69, 9.17) is 0 Å². The Labute approximate surface area is 171 Å². The number of hydrogen-bond acceptors (Lipinski definition) is 2. The summed E-state index contributed by atoms with van der Waals surface area (Å²) in [6.45, 7) is 4.27. The molecule has 29 heavy (non-hydrogen) atoms. The average Bonchev–Trinajstić information content (AvgIpc) is 2.79. The van der Waals surface area contributed by atoms with Crippen LogP contribution >= 0.6 is 0 Å². The minimum atomic E-state index is 0.145. The summed E-state index contributed by atoms with van der Waals surface area (Å²) in [6, 6.07) is 29.2. The smallest absolute Gasteiger partial charge is 0.254 e. The van der Waals surface area contributed by atoms with Gasteiger partial charge in [-0.3, -0.25) is 9.69 Å². The normalized spacial score (nSPS) is 15.1. The Balaban J connectivity index is 1.29. The highest BCUT2D eigenvalue weighted by molar-refractivity contribution is 6.07. The van der Waals surface area contributed by atoms with E-state index in [9.17, 15) is 4.79 Å². The molecule has 1 fully saturated rings. The molecule has 0 saturated carbocycles. The topological polar surface area (TPSA) is 23.6 Å². The van der Waals surface area contributed by atoms with Gasteiger partial charge in [0.2, 0.25) is 0 Å². The molecule has 1 aliphatic rings. The van der Waals surface area contributed by atoms with E-state index >= 15 is 0 Å². The lowest BCUT2D eigenvalue weighted by Gasteiger charge is -2.35. The van der Waals surface area contributed by atoms with Crippen molar-refractivity contribution in [3.05, 3.63) is 96.1 Å². The van der Waals surface area contributed by atoms with Crippen LogP contribution in [0.2, 0.25) is 0 Å². The van der Waals surface area contributed by atoms with Gasteiger partial charge in [-0.1, -0.05) is 78.9 Å². The maximum absolute atomic E-state index is 13.2. The van der Waals surface area contributed by atoms with Crippen molar-refractivity contribution < 1.29 is 4.79 Å². The van der Waals surface area contributed by atoms with Gasteiger partial charge in [-0.2, -0.15) is 0 Å². The Bertz CT molecular complexity index is 1160. The van der Waals surface area contributed by atoms with Crippen molar-refractivity contribution in [2.75, 3.05) is 26.2 Å². The Kier molecular flexibility index (Phi) is 4.74. The molecule has 0 N–H and O–H groups in total. The molecule has 0 atom stereocenters. The lowest BCUT2D eigenvalue weighted by Crippen LogP contribution is -2.48. The van der Waals surface area contributed by atoms with Gasteiger partial charge in [0.25, 0.3) is 5.91 Å². The fourth-order valence-electron chi connectivity index (χ4n) is 4.36. The number of nitrogens with zero attached hydrogens (tertiary/aromatic N) is 2. The molecule has 0 aliphatic carbocycles. The Hall–Kier alpha value is -3.17. The third-order valence-corrected chi connectivity index (χ3v) is 5.95. The number of carbonyl (C=O) groups excluding carboxylic acids is 1. The van der Waals surface area contributed by atoms with Gasteiger partial charge in [0, 0.05) is 38.3 Å². The second-order valence-corrected chi connectivity index (χ2v) is 7.73. The van der Waals surface area contributed by atoms with E-state index in [1.807, 2.05) is 35.2 Å². The molecule has 1 amide bonds. The summed E-state index contributed by atoms with van der Waals surface area (Å²) in [5.74, 6) is 0.145. The number of rotatable bonds is 3. The molecule has 0 aromatic heterocycles. The van der Waals surface area contributed by atoms with E-state index in [2.05, 4.69) is 59.5 Å². The monoisotopic (exact) mass is 380 g/mol. The summed E-state index contributed by atoms with van der Waals surface area (Å²) in [5, 5.41) is 4.77. The quantitative estimate of drug-likeness (QED) is 0.502. The highest BCUT2D eigenvalue weighted by atomic mass is 16.2. The van der Waals surface area contributed by atoms with Crippen LogP contribution in [0.15, 0.2) is 84.9 Å². The number of fused-ring (bicyclic) bond motifs is 2. The summed E-state index contributed by atoms with van der Waals surface area (Å²) >= 11 is 0. The molecule has 1 heterocycles. The van der Waals surface area contributed by atoms with Crippen LogP contribution in [0.4, 0.5) is 0 Å². The molecule has 1 saturated heterocycles. The Morgan fingerprint density at radius 3 is 2.00 bits per heavy atom. The van der Waals surface area contributed by atoms with Gasteiger partial charge in [-0.25, -0.2) is 0 Å². The van der Waals surface area contributed by atoms with Crippen LogP contribution in [0.1, 0.15) is 15.9 Å². The van der Waals surface area contributed by atoms with E-state index in [1.165, 1.54) is 16.3 Å². The molecule has 4 aromatic rings. The molecule has 5 rings (SSSR count). The zero-order valence-corrected chi connectivity index (χ0v) is 16.4. The fraction of sp³-hybridized carbons (Fsp3) is 0.192. The molecular weight excluding hydrogens is 356 g/mol. The standard InChI is InChI=1S/C26H24N2O/c29-26(25-14-6-10-21-8-2-4-13-24(21)25)28-17-15-27(16-18-28)19-22-11-5-9-20-7-1-3-12-23(20)22/h1-14H,15-19H2. The van der Waals surface area contributed by atoms with E-state index < -0.39 is 0 Å². The maximum Gasteiger partial charge on any atom is 0.254 e. The first kappa shape index (κ1) is 17.9. The summed E-state index contributed by atoms with van der Waals surface area (Å²) in [4.78, 5) is 17.6. The molecule has 0 bridgehead atoms. The number of amides is 1. The van der Waals surface area contributed by atoms with Crippen molar-refractivity contribution in [3.63, 3.8) is 0 Å². The average molecular weight is 380 g/mol. The number of hydrogen-bond donors (Lipinski definition) is 0. The molecule has 3 nitrogen and oxygen atoms in total. The predicted octanol–water partition coefficient (Wildman–Crippen LogP) is 4.95. The maximum atomic E-state index is 13.2. The van der Waals surface area contributed by atoms with E-state index in [0.717, 1.165) is 49.1 Å². The molecule has 0 radical (unpaired) electrons. The first-order valence-electron chi connectivity index (χ1n) is 10.3. The van der Waals surface area contributed by atoms with Gasteiger partial charge in [0.15, 0.2) is 0 Å². The molecule has 144 valence electrons. The predicted molar refractivity (Wildman–Crippen MR) is 119 cm³/mol. The van der Waals surface area contributed by atoms with Crippen molar-refractivity contribution >= 4 is 27.5 Å². The van der Waals surface area contributed by atoms with Crippen molar-refractivity contribution in [2.45, 2.75) is 6.54 Å². The third-order valence-electron chi connectivity index (χ3n) is 5.95. The van der Waals surface area contributed by atoms with Crippen LogP contribution in [0, 0.1) is 0 Å². The first-order valence-corrected chi connectivity index (χ1v) is 10.3. The minimum Gasteiger partial charge on any atom is -0.336 e. The van der Waals surface area contributed by atoms with Gasteiger partial charge in [-0.05, 0) is 33.2 Å². The summed E-state index contributed by atoms with van der Waals surface area (Å²) in [6.07, 6.45) is 0.